The maximum absolute atomic E-state index is 12.9. The molecule has 1 aromatic heterocycles. The lowest BCUT2D eigenvalue weighted by molar-refractivity contribution is 0.186. The number of ether oxygens (including phenoxy) is 1. The molecule has 1 unspecified atom stereocenters. The number of hydrogen-bond acceptors (Lipinski definition) is 3. The Balaban J connectivity index is 0.000000219. The number of pyridine rings is 1. The molecule has 0 saturated heterocycles. The molecule has 1 aliphatic rings. The van der Waals surface area contributed by atoms with E-state index in [1.807, 2.05) is 0 Å². The third-order valence-corrected chi connectivity index (χ3v) is 4.38. The summed E-state index contributed by atoms with van der Waals surface area (Å²) < 4.78 is 18.1. The topological polar surface area (TPSA) is 77.2 Å². The predicted octanol–water partition coefficient (Wildman–Crippen LogP) is 3.86. The molecule has 146 valence electrons. The quantitative estimate of drug-likeness (QED) is 0.807. The Bertz CT molecular complexity index is 752. The number of nitrogens with one attached hydrogen (secondary N) is 1. The highest BCUT2D eigenvalue weighted by Crippen LogP contribution is 2.22. The first-order valence-electron chi connectivity index (χ1n) is 9.31. The lowest BCUT2D eigenvalue weighted by Crippen LogP contribution is -2.28. The minimum atomic E-state index is -0.996. The minimum absolute atomic E-state index is 0.0177. The summed E-state index contributed by atoms with van der Waals surface area (Å²) in [7, 11) is 0. The number of carbonyl (C=O) groups excluding carboxylic acids is 1. The molecule has 0 bridgehead atoms. The predicted molar refractivity (Wildman–Crippen MR) is 105 cm³/mol. The largest absolute Gasteiger partial charge is 0.475 e. The van der Waals surface area contributed by atoms with Crippen LogP contribution in [0.1, 0.15) is 42.0 Å². The number of aryl methyl sites for hydroxylation is 3. The molecule has 3 rings (SSSR count). The Morgan fingerprint density at radius 2 is 2.07 bits per heavy atom. The number of nitrogens with zero attached hydrogens (tertiary/aromatic N) is 1. The standard InChI is InChI=1S/C11H16FN3O2.C10H12/c1-2-9(12)7-17-10-5-8(3-4-14-10)6-15-11(13)16;1-8-5-6-9-3-2-4-10(9)7-8/h3-5,9H,2,6-7H2,1H3,(H3,13,15,16);5-7H,2-4H2,1H3. The van der Waals surface area contributed by atoms with Crippen LogP contribution in [0.25, 0.3) is 0 Å². The zero-order chi connectivity index (χ0) is 19.6. The van der Waals surface area contributed by atoms with Gasteiger partial charge in [-0.25, -0.2) is 14.2 Å². The van der Waals surface area contributed by atoms with Gasteiger partial charge in [-0.2, -0.15) is 0 Å². The van der Waals surface area contributed by atoms with Crippen LogP contribution in [0, 0.1) is 6.92 Å². The molecule has 1 heterocycles. The van der Waals surface area contributed by atoms with Gasteiger partial charge in [0.2, 0.25) is 5.88 Å². The fraction of sp³-hybridized carbons (Fsp3) is 0.429. The molecule has 0 fully saturated rings. The van der Waals surface area contributed by atoms with Gasteiger partial charge < -0.3 is 15.8 Å². The lowest BCUT2D eigenvalue weighted by atomic mass is 10.1. The molecule has 1 aromatic carbocycles. The Morgan fingerprint density at radius 1 is 1.30 bits per heavy atom. The Morgan fingerprint density at radius 3 is 2.81 bits per heavy atom. The second-order valence-electron chi connectivity index (χ2n) is 6.66. The molecule has 2 amide bonds. The summed E-state index contributed by atoms with van der Waals surface area (Å²) in [6.45, 7) is 4.19. The monoisotopic (exact) mass is 373 g/mol. The van der Waals surface area contributed by atoms with Crippen LogP contribution in [0.4, 0.5) is 9.18 Å². The first-order valence-corrected chi connectivity index (χ1v) is 9.31. The van der Waals surface area contributed by atoms with Crippen LogP contribution in [-0.2, 0) is 19.4 Å². The van der Waals surface area contributed by atoms with Crippen LogP contribution in [0.2, 0.25) is 0 Å². The van der Waals surface area contributed by atoms with E-state index in [1.54, 1.807) is 30.2 Å². The molecule has 1 atom stereocenters. The number of fused-ring (bicyclic) bond motifs is 1. The van der Waals surface area contributed by atoms with Gasteiger partial charge in [0, 0.05) is 18.8 Å². The van der Waals surface area contributed by atoms with Gasteiger partial charge in [-0.15, -0.1) is 0 Å². The zero-order valence-electron chi connectivity index (χ0n) is 16.0. The molecule has 0 radical (unpaired) electrons. The summed E-state index contributed by atoms with van der Waals surface area (Å²) >= 11 is 0. The molecule has 3 N–H and O–H groups in total. The van der Waals surface area contributed by atoms with E-state index in [0.717, 1.165) is 5.56 Å². The van der Waals surface area contributed by atoms with Crippen molar-refractivity contribution in [2.24, 2.45) is 5.73 Å². The Kier molecular flexibility index (Phi) is 8.04. The third-order valence-electron chi connectivity index (χ3n) is 4.38. The molecule has 0 spiro atoms. The third kappa shape index (κ3) is 7.25. The van der Waals surface area contributed by atoms with Crippen molar-refractivity contribution in [3.63, 3.8) is 0 Å². The molecule has 1 aliphatic carbocycles. The molecule has 5 nitrogen and oxygen atoms in total. The smallest absolute Gasteiger partial charge is 0.312 e. The molecular formula is C21H28FN3O2. The van der Waals surface area contributed by atoms with Gasteiger partial charge in [0.05, 0.1) is 0 Å². The maximum Gasteiger partial charge on any atom is 0.312 e. The highest BCUT2D eigenvalue weighted by atomic mass is 19.1. The fourth-order valence-corrected chi connectivity index (χ4v) is 2.82. The normalized spacial score (nSPS) is 13.1. The number of carbonyl (C=O) groups is 1. The van der Waals surface area contributed by atoms with Crippen LogP contribution in [0.5, 0.6) is 5.88 Å². The molecule has 27 heavy (non-hydrogen) atoms. The van der Waals surface area contributed by atoms with Crippen molar-refractivity contribution in [1.82, 2.24) is 10.3 Å². The van der Waals surface area contributed by atoms with Gasteiger partial charge in [-0.1, -0.05) is 30.7 Å². The lowest BCUT2D eigenvalue weighted by Gasteiger charge is -2.09. The van der Waals surface area contributed by atoms with Crippen LogP contribution in [-0.4, -0.2) is 23.8 Å². The van der Waals surface area contributed by atoms with Crippen LogP contribution >= 0.6 is 0 Å². The van der Waals surface area contributed by atoms with Crippen molar-refractivity contribution in [2.75, 3.05) is 6.61 Å². The van der Waals surface area contributed by atoms with E-state index in [9.17, 15) is 9.18 Å². The first-order chi connectivity index (χ1) is 13.0. The number of hydrogen-bond donors (Lipinski definition) is 2. The molecule has 0 aliphatic heterocycles. The molecule has 0 saturated carbocycles. The van der Waals surface area contributed by atoms with E-state index in [1.165, 1.54) is 31.0 Å². The van der Waals surface area contributed by atoms with E-state index in [0.29, 0.717) is 18.8 Å². The highest BCUT2D eigenvalue weighted by Gasteiger charge is 2.09. The van der Waals surface area contributed by atoms with E-state index in [-0.39, 0.29) is 6.61 Å². The number of halogens is 1. The van der Waals surface area contributed by atoms with Crippen LogP contribution in [0.3, 0.4) is 0 Å². The van der Waals surface area contributed by atoms with Crippen molar-refractivity contribution in [3.8, 4) is 5.88 Å². The van der Waals surface area contributed by atoms with Gasteiger partial charge in [0.25, 0.3) is 0 Å². The molecular weight excluding hydrogens is 345 g/mol. The Labute approximate surface area is 160 Å². The highest BCUT2D eigenvalue weighted by molar-refractivity contribution is 5.71. The summed E-state index contributed by atoms with van der Waals surface area (Å²) in [5.41, 5.74) is 10.3. The zero-order valence-corrected chi connectivity index (χ0v) is 16.0. The summed E-state index contributed by atoms with van der Waals surface area (Å²) in [6.07, 6.45) is 4.91. The summed E-state index contributed by atoms with van der Waals surface area (Å²) in [6, 6.07) is 9.57. The van der Waals surface area contributed by atoms with Gasteiger partial charge in [0.1, 0.15) is 12.8 Å². The van der Waals surface area contributed by atoms with E-state index < -0.39 is 12.2 Å². The number of rotatable bonds is 6. The molecule has 6 heteroatoms. The second kappa shape index (κ2) is 10.5. The van der Waals surface area contributed by atoms with Gasteiger partial charge in [-0.3, -0.25) is 0 Å². The number of benzene rings is 1. The van der Waals surface area contributed by atoms with E-state index >= 15 is 0 Å². The van der Waals surface area contributed by atoms with Crippen LogP contribution < -0.4 is 15.8 Å². The van der Waals surface area contributed by atoms with Gasteiger partial charge in [0.15, 0.2) is 0 Å². The maximum atomic E-state index is 12.9. The number of urea groups is 1. The summed E-state index contributed by atoms with van der Waals surface area (Å²) in [5.74, 6) is 0.338. The van der Waals surface area contributed by atoms with E-state index in [4.69, 9.17) is 10.5 Å². The second-order valence-corrected chi connectivity index (χ2v) is 6.66. The number of amides is 2. The minimum Gasteiger partial charge on any atom is -0.475 e. The first kappa shape index (κ1) is 20.7. The summed E-state index contributed by atoms with van der Waals surface area (Å²) in [4.78, 5) is 14.5. The fourth-order valence-electron chi connectivity index (χ4n) is 2.82. The molecule has 2 aromatic rings. The number of primary amides is 1. The van der Waals surface area contributed by atoms with Crippen LogP contribution in [0.15, 0.2) is 36.5 Å². The average molecular weight is 373 g/mol. The van der Waals surface area contributed by atoms with Crippen molar-refractivity contribution < 1.29 is 13.9 Å². The van der Waals surface area contributed by atoms with Gasteiger partial charge >= 0.3 is 6.03 Å². The van der Waals surface area contributed by atoms with Gasteiger partial charge in [-0.05, 0) is 55.4 Å². The average Bonchev–Trinajstić information content (AvgIpc) is 3.13. The van der Waals surface area contributed by atoms with E-state index in [2.05, 4.69) is 35.4 Å². The SMILES string of the molecule is CCC(F)COc1cc(CNC(N)=O)ccn1.Cc1ccc2c(c1)CCC2. The summed E-state index contributed by atoms with van der Waals surface area (Å²) in [5, 5.41) is 2.45. The van der Waals surface area contributed by atoms with Crippen molar-refractivity contribution >= 4 is 6.03 Å². The van der Waals surface area contributed by atoms with Crippen molar-refractivity contribution in [1.29, 1.82) is 0 Å². The number of aromatic nitrogens is 1. The van der Waals surface area contributed by atoms with Crippen molar-refractivity contribution in [2.45, 2.75) is 52.2 Å². The number of nitrogens with two attached hydrogens (primary N) is 1. The Hall–Kier alpha value is -2.63. The number of alkyl halides is 1. The van der Waals surface area contributed by atoms with Crippen molar-refractivity contribution in [3.05, 3.63) is 58.8 Å².